The van der Waals surface area contributed by atoms with E-state index in [0.717, 1.165) is 7.11 Å². The van der Waals surface area contributed by atoms with Gasteiger partial charge in [0.05, 0.1) is 24.9 Å². The van der Waals surface area contributed by atoms with Crippen LogP contribution in [0.3, 0.4) is 0 Å². The van der Waals surface area contributed by atoms with Crippen molar-refractivity contribution in [3.63, 3.8) is 0 Å². The molecule has 160 valence electrons. The number of aliphatic hydroxyl groups excluding tert-OH is 4. The average Bonchev–Trinajstić information content (AvgIpc) is 2.99. The molecule has 1 aromatic rings. The van der Waals surface area contributed by atoms with E-state index in [1.54, 1.807) is 12.1 Å². The first-order valence-electron chi connectivity index (χ1n) is 8.76. The molecule has 0 saturated carbocycles. The van der Waals surface area contributed by atoms with E-state index in [2.05, 4.69) is 4.98 Å². The van der Waals surface area contributed by atoms with Crippen LogP contribution < -0.4 is 0 Å². The van der Waals surface area contributed by atoms with Crippen LogP contribution in [0.25, 0.3) is 0 Å². The van der Waals surface area contributed by atoms with Crippen molar-refractivity contribution >= 4 is 11.9 Å². The van der Waals surface area contributed by atoms with E-state index in [0.29, 0.717) is 0 Å². The lowest BCUT2D eigenvalue weighted by Gasteiger charge is -2.30. The Morgan fingerprint density at radius 2 is 2.10 bits per heavy atom. The number of rotatable bonds is 6. The number of hydrogen-bond acceptors (Lipinski definition) is 11. The van der Waals surface area contributed by atoms with Crippen LogP contribution in [0.2, 0.25) is 0 Å². The van der Waals surface area contributed by atoms with E-state index in [1.807, 2.05) is 0 Å². The normalized spacial score (nSPS) is 26.3. The Morgan fingerprint density at radius 3 is 2.76 bits per heavy atom. The molecular formula is C18H23NO10. The monoisotopic (exact) mass is 413 g/mol. The Morgan fingerprint density at radius 1 is 1.34 bits per heavy atom. The molecule has 0 radical (unpaired) electrons. The molecule has 0 amide bonds. The van der Waals surface area contributed by atoms with Crippen molar-refractivity contribution in [2.45, 2.75) is 37.4 Å². The Kier molecular flexibility index (Phi) is 8.34. The molecule has 11 nitrogen and oxygen atoms in total. The number of aromatic nitrogens is 1. The van der Waals surface area contributed by atoms with E-state index in [1.165, 1.54) is 12.4 Å². The van der Waals surface area contributed by atoms with Crippen LogP contribution in [0, 0.1) is 0 Å². The third-order valence-electron chi connectivity index (χ3n) is 4.00. The number of pyridine rings is 1. The summed E-state index contributed by atoms with van der Waals surface area (Å²) in [5, 5.41) is 36.4. The Labute approximate surface area is 166 Å². The van der Waals surface area contributed by atoms with Gasteiger partial charge in [-0.15, -0.1) is 0 Å². The smallest absolute Gasteiger partial charge is 0.378 e. The molecule has 2 aliphatic heterocycles. The van der Waals surface area contributed by atoms with Gasteiger partial charge >= 0.3 is 11.9 Å². The summed E-state index contributed by atoms with van der Waals surface area (Å²) in [4.78, 5) is 27.5. The van der Waals surface area contributed by atoms with Crippen molar-refractivity contribution in [1.82, 2.24) is 4.98 Å². The van der Waals surface area contributed by atoms with E-state index < -0.39 is 48.1 Å². The fourth-order valence-corrected chi connectivity index (χ4v) is 2.62. The van der Waals surface area contributed by atoms with Crippen LogP contribution in [-0.4, -0.2) is 82.3 Å². The minimum atomic E-state index is -1.21. The molecule has 0 aromatic carbocycles. The summed E-state index contributed by atoms with van der Waals surface area (Å²) in [7, 11) is 1.00. The van der Waals surface area contributed by atoms with Crippen LogP contribution in [0.4, 0.5) is 0 Å². The quantitative estimate of drug-likeness (QED) is 0.441. The molecule has 1 saturated heterocycles. The highest BCUT2D eigenvalue weighted by atomic mass is 16.7. The largest absolute Gasteiger partial charge is 0.505 e. The second-order valence-corrected chi connectivity index (χ2v) is 6.05. The number of aliphatic hydroxyl groups is 4. The highest BCUT2D eigenvalue weighted by molar-refractivity contribution is 5.90. The van der Waals surface area contributed by atoms with Crippen molar-refractivity contribution in [2.75, 3.05) is 20.3 Å². The lowest BCUT2D eigenvalue weighted by molar-refractivity contribution is -0.222. The molecule has 4 N–H and O–H groups in total. The summed E-state index contributed by atoms with van der Waals surface area (Å²) in [5.74, 6) is -2.46. The van der Waals surface area contributed by atoms with Crippen molar-refractivity contribution < 1.29 is 49.0 Å². The van der Waals surface area contributed by atoms with Crippen LogP contribution in [0.15, 0.2) is 36.0 Å². The minimum Gasteiger partial charge on any atom is -0.505 e. The first kappa shape index (κ1) is 22.6. The average molecular weight is 413 g/mol. The fourth-order valence-electron chi connectivity index (χ4n) is 2.62. The van der Waals surface area contributed by atoms with Gasteiger partial charge in [-0.1, -0.05) is 0 Å². The summed E-state index contributed by atoms with van der Waals surface area (Å²) < 4.78 is 20.4. The molecule has 11 heteroatoms. The molecule has 2 aliphatic rings. The highest BCUT2D eigenvalue weighted by Gasteiger charge is 2.40. The maximum absolute atomic E-state index is 11.9. The van der Waals surface area contributed by atoms with Gasteiger partial charge in [-0.2, -0.15) is 0 Å². The Bertz CT molecular complexity index is 723. The van der Waals surface area contributed by atoms with Crippen molar-refractivity contribution in [1.29, 1.82) is 0 Å². The number of carbonyl (C=O) groups is 2. The predicted octanol–water partition coefficient (Wildman–Crippen LogP) is -0.583. The second-order valence-electron chi connectivity index (χ2n) is 6.05. The topological polar surface area (TPSA) is 165 Å². The first-order chi connectivity index (χ1) is 14.0. The maximum Gasteiger partial charge on any atom is 0.378 e. The molecule has 4 atom stereocenters. The van der Waals surface area contributed by atoms with Gasteiger partial charge in [0.15, 0.2) is 11.9 Å². The van der Waals surface area contributed by atoms with Gasteiger partial charge < -0.3 is 39.4 Å². The van der Waals surface area contributed by atoms with Crippen LogP contribution >= 0.6 is 0 Å². The number of cyclic esters (lactones) is 1. The third-order valence-corrected chi connectivity index (χ3v) is 4.00. The van der Waals surface area contributed by atoms with E-state index in [4.69, 9.17) is 24.1 Å². The molecule has 4 unspecified atom stereocenters. The summed E-state index contributed by atoms with van der Waals surface area (Å²) in [5.41, 5.74) is 0.273. The van der Waals surface area contributed by atoms with E-state index >= 15 is 0 Å². The van der Waals surface area contributed by atoms with Gasteiger partial charge in [0.1, 0.15) is 6.10 Å². The predicted molar refractivity (Wildman–Crippen MR) is 94.3 cm³/mol. The standard InChI is InChI=1S/C17H19NO9.CH4O/c19-10-6-11(20)17(25-8-10)27-14-13(21)12(26-16(14)23)3-5-24-15(22)9-2-1-4-18-7-9;1-2/h1-2,4,7,10-12,17,19-21H,3,5-6,8H2;2H,1H3. The molecular weight excluding hydrogens is 390 g/mol. The van der Waals surface area contributed by atoms with Gasteiger partial charge in [0.25, 0.3) is 0 Å². The molecule has 3 heterocycles. The second kappa shape index (κ2) is 10.7. The number of nitrogens with zero attached hydrogens (tertiary/aromatic N) is 1. The van der Waals surface area contributed by atoms with E-state index in [-0.39, 0.29) is 31.6 Å². The van der Waals surface area contributed by atoms with Gasteiger partial charge in [-0.3, -0.25) is 4.98 Å². The molecule has 3 rings (SSSR count). The summed E-state index contributed by atoms with van der Waals surface area (Å²) >= 11 is 0. The number of ether oxygens (including phenoxy) is 4. The van der Waals surface area contributed by atoms with Gasteiger partial charge in [0, 0.05) is 32.3 Å². The first-order valence-corrected chi connectivity index (χ1v) is 8.76. The van der Waals surface area contributed by atoms with E-state index in [9.17, 15) is 24.9 Å². The zero-order chi connectivity index (χ0) is 21.4. The highest BCUT2D eigenvalue weighted by Crippen LogP contribution is 2.27. The van der Waals surface area contributed by atoms with Gasteiger partial charge in [-0.25, -0.2) is 9.59 Å². The fraction of sp³-hybridized carbons (Fsp3) is 0.500. The SMILES string of the molecule is CO.O=C1OC(CCOC(=O)c2cccnc2)C(O)=C1OC1OCC(O)CC1O. The molecule has 1 fully saturated rings. The Hall–Kier alpha value is -2.73. The van der Waals surface area contributed by atoms with Crippen molar-refractivity contribution in [3.05, 3.63) is 41.6 Å². The van der Waals surface area contributed by atoms with Crippen molar-refractivity contribution in [2.24, 2.45) is 0 Å². The van der Waals surface area contributed by atoms with Crippen LogP contribution in [-0.2, 0) is 23.7 Å². The number of hydrogen-bond donors (Lipinski definition) is 4. The zero-order valence-electron chi connectivity index (χ0n) is 15.6. The van der Waals surface area contributed by atoms with Gasteiger partial charge in [-0.05, 0) is 12.1 Å². The minimum absolute atomic E-state index is 0.0154. The number of carbonyl (C=O) groups excluding carboxylic acids is 2. The maximum atomic E-state index is 11.9. The molecule has 0 aliphatic carbocycles. The molecule has 0 bridgehead atoms. The summed E-state index contributed by atoms with van der Waals surface area (Å²) in [6.45, 7) is -0.184. The van der Waals surface area contributed by atoms with Crippen LogP contribution in [0.5, 0.6) is 0 Å². The molecule has 29 heavy (non-hydrogen) atoms. The molecule has 0 spiro atoms. The summed E-state index contributed by atoms with van der Waals surface area (Å²) in [6.07, 6.45) is -1.34. The summed E-state index contributed by atoms with van der Waals surface area (Å²) in [6, 6.07) is 3.13. The lowest BCUT2D eigenvalue weighted by Crippen LogP contribution is -2.42. The van der Waals surface area contributed by atoms with Crippen LogP contribution in [0.1, 0.15) is 23.2 Å². The van der Waals surface area contributed by atoms with Gasteiger partial charge in [0.2, 0.25) is 12.0 Å². The Balaban J connectivity index is 0.00000145. The number of esters is 2. The zero-order valence-corrected chi connectivity index (χ0v) is 15.6. The lowest BCUT2D eigenvalue weighted by atomic mass is 10.1. The molecule has 1 aromatic heterocycles. The third kappa shape index (κ3) is 5.87. The van der Waals surface area contributed by atoms with Crippen molar-refractivity contribution in [3.8, 4) is 0 Å².